The zero-order chi connectivity index (χ0) is 18.1. The number of hydrogen-bond acceptors (Lipinski definition) is 5. The monoisotopic (exact) mass is 450 g/mol. The molecule has 26 heavy (non-hydrogen) atoms. The molecule has 1 fully saturated rings. The van der Waals surface area contributed by atoms with Gasteiger partial charge in [-0.25, -0.2) is 13.4 Å². The number of thiazole rings is 1. The number of halogens is 1. The van der Waals surface area contributed by atoms with E-state index in [0.29, 0.717) is 11.4 Å². The van der Waals surface area contributed by atoms with Gasteiger partial charge in [0.15, 0.2) is 9.84 Å². The van der Waals surface area contributed by atoms with Crippen LogP contribution < -0.4 is 0 Å². The number of hydrogen-bond donors (Lipinski definition) is 0. The van der Waals surface area contributed by atoms with Gasteiger partial charge in [-0.05, 0) is 55.8 Å². The van der Waals surface area contributed by atoms with Crippen molar-refractivity contribution in [2.45, 2.75) is 23.8 Å². The maximum Gasteiger partial charge on any atom is 0.179 e. The van der Waals surface area contributed by atoms with Gasteiger partial charge in [0.25, 0.3) is 0 Å². The first kappa shape index (κ1) is 18.1. The summed E-state index contributed by atoms with van der Waals surface area (Å²) in [7, 11) is -3.27. The Morgan fingerprint density at radius 2 is 1.92 bits per heavy atom. The van der Waals surface area contributed by atoms with E-state index in [1.54, 1.807) is 35.6 Å². The smallest absolute Gasteiger partial charge is 0.179 e. The molecular weight excluding hydrogens is 432 g/mol. The first-order valence-corrected chi connectivity index (χ1v) is 11.9. The predicted molar refractivity (Wildman–Crippen MR) is 109 cm³/mol. The van der Waals surface area contributed by atoms with Gasteiger partial charge in [-0.3, -0.25) is 4.90 Å². The van der Waals surface area contributed by atoms with Gasteiger partial charge >= 0.3 is 0 Å². The molecule has 0 saturated carbocycles. The number of aromatic nitrogens is 1. The fourth-order valence-electron chi connectivity index (χ4n) is 3.40. The summed E-state index contributed by atoms with van der Waals surface area (Å²) in [5.41, 5.74) is 1.03. The maximum absolute atomic E-state index is 12.6. The minimum absolute atomic E-state index is 0.135. The summed E-state index contributed by atoms with van der Waals surface area (Å²) >= 11 is 5.07. The molecule has 0 spiro atoms. The number of benzene rings is 2. The summed E-state index contributed by atoms with van der Waals surface area (Å²) in [6, 6.07) is 15.3. The van der Waals surface area contributed by atoms with Gasteiger partial charge in [0.05, 0.1) is 26.9 Å². The molecule has 2 heterocycles. The summed E-state index contributed by atoms with van der Waals surface area (Å²) in [4.78, 5) is 7.44. The minimum atomic E-state index is -3.27. The van der Waals surface area contributed by atoms with E-state index in [1.165, 1.54) is 4.70 Å². The summed E-state index contributed by atoms with van der Waals surface area (Å²) in [6.45, 7) is 1.47. The van der Waals surface area contributed by atoms with E-state index in [1.807, 2.05) is 18.2 Å². The van der Waals surface area contributed by atoms with Crippen molar-refractivity contribution in [3.05, 3.63) is 58.0 Å². The number of rotatable bonds is 5. The highest BCUT2D eigenvalue weighted by Crippen LogP contribution is 2.36. The van der Waals surface area contributed by atoms with Crippen molar-refractivity contribution in [1.82, 2.24) is 9.88 Å². The summed E-state index contributed by atoms with van der Waals surface area (Å²) in [5, 5.41) is 1.10. The lowest BCUT2D eigenvalue weighted by molar-refractivity contribution is 0.272. The Kier molecular flexibility index (Phi) is 5.14. The summed E-state index contributed by atoms with van der Waals surface area (Å²) in [5.74, 6) is 0.135. The van der Waals surface area contributed by atoms with Crippen LogP contribution in [0.4, 0.5) is 0 Å². The second kappa shape index (κ2) is 7.38. The van der Waals surface area contributed by atoms with Crippen molar-refractivity contribution in [3.8, 4) is 0 Å². The zero-order valence-corrected chi connectivity index (χ0v) is 17.4. The molecule has 136 valence electrons. The van der Waals surface area contributed by atoms with Crippen molar-refractivity contribution in [3.63, 3.8) is 0 Å². The number of nitrogens with zero attached hydrogens (tertiary/aromatic N) is 2. The Hall–Kier alpha value is -1.28. The van der Waals surface area contributed by atoms with Crippen molar-refractivity contribution >= 4 is 47.3 Å². The van der Waals surface area contributed by atoms with E-state index in [0.717, 1.165) is 34.4 Å². The molecule has 1 aromatic heterocycles. The molecule has 0 radical (unpaired) electrons. The Morgan fingerprint density at radius 3 is 2.69 bits per heavy atom. The van der Waals surface area contributed by atoms with E-state index in [2.05, 4.69) is 26.9 Å². The van der Waals surface area contributed by atoms with Crippen LogP contribution >= 0.6 is 27.3 Å². The third-order valence-corrected chi connectivity index (χ3v) is 8.16. The van der Waals surface area contributed by atoms with E-state index in [4.69, 9.17) is 4.98 Å². The first-order valence-electron chi connectivity index (χ1n) is 8.61. The Bertz CT molecular complexity index is 982. The highest BCUT2D eigenvalue weighted by Gasteiger charge is 2.29. The molecule has 1 saturated heterocycles. The Morgan fingerprint density at radius 1 is 1.15 bits per heavy atom. The van der Waals surface area contributed by atoms with Crippen molar-refractivity contribution < 1.29 is 8.42 Å². The van der Waals surface area contributed by atoms with Gasteiger partial charge in [0.1, 0.15) is 5.01 Å². The molecule has 1 aliphatic rings. The van der Waals surface area contributed by atoms with Crippen molar-refractivity contribution in [1.29, 1.82) is 0 Å². The molecule has 4 rings (SSSR count). The largest absolute Gasteiger partial charge is 0.293 e. The second-order valence-corrected chi connectivity index (χ2v) is 10.6. The van der Waals surface area contributed by atoms with Gasteiger partial charge in [0.2, 0.25) is 0 Å². The molecule has 1 aliphatic heterocycles. The lowest BCUT2D eigenvalue weighted by Gasteiger charge is -2.22. The molecule has 0 bridgehead atoms. The number of sulfone groups is 1. The van der Waals surface area contributed by atoms with Crippen LogP contribution in [0.3, 0.4) is 0 Å². The average molecular weight is 451 g/mol. The molecule has 0 aliphatic carbocycles. The third-order valence-electron chi connectivity index (χ3n) is 4.78. The first-order chi connectivity index (χ1) is 12.5. The fourth-order valence-corrected chi connectivity index (χ4v) is 6.07. The molecule has 1 atom stereocenters. The maximum atomic E-state index is 12.6. The number of para-hydroxylation sites is 1. The highest BCUT2D eigenvalue weighted by molar-refractivity contribution is 9.10. The van der Waals surface area contributed by atoms with Crippen LogP contribution in [0.2, 0.25) is 0 Å². The highest BCUT2D eigenvalue weighted by atomic mass is 79.9. The standard InChI is InChI=1S/C19H19BrN2O2S2/c20-14-7-9-15(10-8-14)26(23,24)13-12-22-11-3-5-17(22)19-21-16-4-1-2-6-18(16)25-19/h1-2,4,6-10,17H,3,5,11-13H2/t17-/m1/s1. The van der Waals surface area contributed by atoms with E-state index < -0.39 is 9.84 Å². The third kappa shape index (κ3) is 3.71. The zero-order valence-electron chi connectivity index (χ0n) is 14.1. The number of likely N-dealkylation sites (tertiary alicyclic amines) is 1. The molecule has 7 heteroatoms. The van der Waals surface area contributed by atoms with Gasteiger partial charge in [-0.1, -0.05) is 28.1 Å². The predicted octanol–water partition coefficient (Wildman–Crippen LogP) is 4.67. The minimum Gasteiger partial charge on any atom is -0.293 e. The van der Waals surface area contributed by atoms with Crippen LogP contribution in [-0.2, 0) is 9.84 Å². The van der Waals surface area contributed by atoms with Crippen LogP contribution in [-0.4, -0.2) is 37.1 Å². The molecule has 4 nitrogen and oxygen atoms in total. The van der Waals surface area contributed by atoms with Gasteiger partial charge in [0, 0.05) is 11.0 Å². The Balaban J connectivity index is 1.49. The van der Waals surface area contributed by atoms with Crippen molar-refractivity contribution in [2.75, 3.05) is 18.8 Å². The summed E-state index contributed by atoms with van der Waals surface area (Å²) < 4.78 is 27.3. The van der Waals surface area contributed by atoms with Crippen LogP contribution in [0.15, 0.2) is 57.9 Å². The SMILES string of the molecule is O=S(=O)(CCN1CCC[C@@H]1c1nc2ccccc2s1)c1ccc(Br)cc1. The van der Waals surface area contributed by atoms with Crippen LogP contribution in [0.1, 0.15) is 23.9 Å². The van der Waals surface area contributed by atoms with Crippen LogP contribution in [0.5, 0.6) is 0 Å². The lowest BCUT2D eigenvalue weighted by atomic mass is 10.2. The molecule has 0 amide bonds. The molecular formula is C19H19BrN2O2S2. The molecule has 2 aromatic carbocycles. The van der Waals surface area contributed by atoms with Crippen molar-refractivity contribution in [2.24, 2.45) is 0 Å². The molecule has 0 unspecified atom stereocenters. The van der Waals surface area contributed by atoms with E-state index in [9.17, 15) is 8.42 Å². The second-order valence-electron chi connectivity index (χ2n) is 6.49. The van der Waals surface area contributed by atoms with Crippen LogP contribution in [0.25, 0.3) is 10.2 Å². The normalized spacial score (nSPS) is 18.6. The van der Waals surface area contributed by atoms with Gasteiger partial charge in [-0.2, -0.15) is 0 Å². The topological polar surface area (TPSA) is 50.3 Å². The van der Waals surface area contributed by atoms with Gasteiger partial charge < -0.3 is 0 Å². The molecule has 3 aromatic rings. The van der Waals surface area contributed by atoms with E-state index in [-0.39, 0.29) is 11.8 Å². The van der Waals surface area contributed by atoms with Crippen LogP contribution in [0, 0.1) is 0 Å². The molecule has 0 N–H and O–H groups in total. The number of fused-ring (bicyclic) bond motifs is 1. The quantitative estimate of drug-likeness (QED) is 0.566. The van der Waals surface area contributed by atoms with Gasteiger partial charge in [-0.15, -0.1) is 11.3 Å². The summed E-state index contributed by atoms with van der Waals surface area (Å²) in [6.07, 6.45) is 2.12. The lowest BCUT2D eigenvalue weighted by Crippen LogP contribution is -2.29. The van der Waals surface area contributed by atoms with E-state index >= 15 is 0 Å². The average Bonchev–Trinajstić information content (AvgIpc) is 3.26. The fraction of sp³-hybridized carbons (Fsp3) is 0.316. The Labute approximate surface area is 165 Å².